The van der Waals surface area contributed by atoms with Gasteiger partial charge in [0, 0.05) is 11.8 Å². The molecule has 66 valence electrons. The standard InChI is InChI=1S/C10H14O2/c11-9-6-3-4-10(12)7(5-6)1-2-8(9)10/h6-8,12H,1-5H2/t6-,7-,8+,10-/m0/s1. The summed E-state index contributed by atoms with van der Waals surface area (Å²) in [5.74, 6) is 1.17. The molecular weight excluding hydrogens is 152 g/mol. The molecule has 4 atom stereocenters. The molecule has 0 spiro atoms. The Morgan fingerprint density at radius 1 is 1.33 bits per heavy atom. The van der Waals surface area contributed by atoms with E-state index in [9.17, 15) is 9.90 Å². The fraction of sp³-hybridized carbons (Fsp3) is 0.900. The highest BCUT2D eigenvalue weighted by atomic mass is 16.3. The van der Waals surface area contributed by atoms with Crippen molar-refractivity contribution in [2.75, 3.05) is 0 Å². The smallest absolute Gasteiger partial charge is 0.141 e. The van der Waals surface area contributed by atoms with Crippen LogP contribution in [0.1, 0.15) is 32.1 Å². The zero-order valence-electron chi connectivity index (χ0n) is 7.12. The lowest BCUT2D eigenvalue weighted by atomic mass is 9.60. The Hall–Kier alpha value is -0.370. The third kappa shape index (κ3) is 0.598. The van der Waals surface area contributed by atoms with Crippen LogP contribution in [0.25, 0.3) is 0 Å². The van der Waals surface area contributed by atoms with Gasteiger partial charge in [-0.05, 0) is 38.0 Å². The molecule has 0 unspecified atom stereocenters. The van der Waals surface area contributed by atoms with Crippen LogP contribution >= 0.6 is 0 Å². The lowest BCUT2D eigenvalue weighted by Gasteiger charge is -2.47. The van der Waals surface area contributed by atoms with E-state index < -0.39 is 5.60 Å². The van der Waals surface area contributed by atoms with Gasteiger partial charge in [-0.3, -0.25) is 4.79 Å². The van der Waals surface area contributed by atoms with Gasteiger partial charge >= 0.3 is 0 Å². The third-order valence-electron chi connectivity index (χ3n) is 4.32. The Morgan fingerprint density at radius 3 is 2.92 bits per heavy atom. The Bertz CT molecular complexity index is 248. The maximum absolute atomic E-state index is 11.7. The molecule has 1 N–H and O–H groups in total. The molecule has 0 heterocycles. The monoisotopic (exact) mass is 166 g/mol. The van der Waals surface area contributed by atoms with Crippen LogP contribution < -0.4 is 0 Å². The van der Waals surface area contributed by atoms with Crippen molar-refractivity contribution >= 4 is 5.78 Å². The van der Waals surface area contributed by atoms with E-state index in [1.165, 1.54) is 0 Å². The molecule has 4 aliphatic carbocycles. The molecule has 4 rings (SSSR count). The van der Waals surface area contributed by atoms with E-state index in [2.05, 4.69) is 0 Å². The van der Waals surface area contributed by atoms with Crippen LogP contribution in [-0.2, 0) is 4.79 Å². The number of carbonyl (C=O) groups excluding carboxylic acids is 1. The van der Waals surface area contributed by atoms with E-state index in [0.717, 1.165) is 32.1 Å². The van der Waals surface area contributed by atoms with Gasteiger partial charge < -0.3 is 5.11 Å². The van der Waals surface area contributed by atoms with Crippen LogP contribution in [0.3, 0.4) is 0 Å². The molecule has 2 heteroatoms. The first kappa shape index (κ1) is 7.07. The van der Waals surface area contributed by atoms with Crippen molar-refractivity contribution in [2.24, 2.45) is 17.8 Å². The molecule has 4 aliphatic rings. The van der Waals surface area contributed by atoms with Crippen molar-refractivity contribution in [3.8, 4) is 0 Å². The van der Waals surface area contributed by atoms with Gasteiger partial charge in [0.2, 0.25) is 0 Å². The normalized spacial score (nSPS) is 56.4. The Balaban J connectivity index is 2.09. The Morgan fingerprint density at radius 2 is 2.17 bits per heavy atom. The minimum Gasteiger partial charge on any atom is -0.389 e. The first-order chi connectivity index (χ1) is 5.72. The van der Waals surface area contributed by atoms with Gasteiger partial charge in [0.05, 0.1) is 5.60 Å². The molecule has 2 nitrogen and oxygen atoms in total. The topological polar surface area (TPSA) is 37.3 Å². The van der Waals surface area contributed by atoms with Crippen molar-refractivity contribution in [3.63, 3.8) is 0 Å². The minimum absolute atomic E-state index is 0.0231. The summed E-state index contributed by atoms with van der Waals surface area (Å²) in [6, 6.07) is 0. The third-order valence-corrected chi connectivity index (χ3v) is 4.32. The zero-order valence-corrected chi connectivity index (χ0v) is 7.12. The average Bonchev–Trinajstić information content (AvgIpc) is 2.30. The number of rotatable bonds is 0. The van der Waals surface area contributed by atoms with E-state index in [1.807, 2.05) is 0 Å². The summed E-state index contributed by atoms with van der Waals surface area (Å²) in [7, 11) is 0. The SMILES string of the molecule is O=C1[C@H]2CC[C@]3(O)[C@@H](CC[C@H]13)C2. The molecule has 4 bridgehead atoms. The summed E-state index contributed by atoms with van der Waals surface area (Å²) >= 11 is 0. The molecule has 0 aromatic carbocycles. The quantitative estimate of drug-likeness (QED) is 0.585. The summed E-state index contributed by atoms with van der Waals surface area (Å²) in [6.45, 7) is 0. The van der Waals surface area contributed by atoms with Gasteiger partial charge in [0.25, 0.3) is 0 Å². The fourth-order valence-corrected chi connectivity index (χ4v) is 3.65. The highest BCUT2D eigenvalue weighted by molar-refractivity contribution is 5.87. The highest BCUT2D eigenvalue weighted by Crippen LogP contribution is 2.57. The van der Waals surface area contributed by atoms with Crippen molar-refractivity contribution in [2.45, 2.75) is 37.7 Å². The molecule has 0 amide bonds. The summed E-state index contributed by atoms with van der Waals surface area (Å²) < 4.78 is 0. The van der Waals surface area contributed by atoms with Gasteiger partial charge in [-0.1, -0.05) is 0 Å². The van der Waals surface area contributed by atoms with Gasteiger partial charge in [-0.2, -0.15) is 0 Å². The molecule has 4 fully saturated rings. The van der Waals surface area contributed by atoms with Gasteiger partial charge in [0.1, 0.15) is 5.78 Å². The molecule has 12 heavy (non-hydrogen) atoms. The van der Waals surface area contributed by atoms with E-state index in [1.54, 1.807) is 0 Å². The second-order valence-corrected chi connectivity index (χ2v) is 4.69. The average molecular weight is 166 g/mol. The van der Waals surface area contributed by atoms with E-state index in [0.29, 0.717) is 17.6 Å². The Labute approximate surface area is 72.0 Å². The van der Waals surface area contributed by atoms with Gasteiger partial charge in [0.15, 0.2) is 0 Å². The summed E-state index contributed by atoms with van der Waals surface area (Å²) in [5, 5.41) is 10.3. The number of carbonyl (C=O) groups is 1. The molecule has 0 radical (unpaired) electrons. The Kier molecular flexibility index (Phi) is 1.13. The van der Waals surface area contributed by atoms with Crippen LogP contribution in [-0.4, -0.2) is 16.5 Å². The van der Waals surface area contributed by atoms with E-state index >= 15 is 0 Å². The van der Waals surface area contributed by atoms with Crippen LogP contribution in [0.4, 0.5) is 0 Å². The first-order valence-corrected chi connectivity index (χ1v) is 4.98. The first-order valence-electron chi connectivity index (χ1n) is 4.98. The van der Waals surface area contributed by atoms with Crippen molar-refractivity contribution in [1.82, 2.24) is 0 Å². The largest absolute Gasteiger partial charge is 0.389 e. The molecule has 0 aromatic heterocycles. The number of hydrogen-bond acceptors (Lipinski definition) is 2. The lowest BCUT2D eigenvalue weighted by molar-refractivity contribution is -0.158. The van der Waals surface area contributed by atoms with Crippen LogP contribution in [0.5, 0.6) is 0 Å². The minimum atomic E-state index is -0.564. The zero-order chi connectivity index (χ0) is 8.34. The van der Waals surface area contributed by atoms with Gasteiger partial charge in [-0.15, -0.1) is 0 Å². The predicted molar refractivity (Wildman–Crippen MR) is 43.5 cm³/mol. The molecule has 0 aliphatic heterocycles. The molecule has 0 aromatic rings. The number of fused-ring (bicyclic) bond motifs is 1. The number of aliphatic hydroxyl groups is 1. The molecular formula is C10H14O2. The number of ketones is 1. The van der Waals surface area contributed by atoms with Crippen molar-refractivity contribution < 1.29 is 9.90 Å². The second kappa shape index (κ2) is 1.92. The van der Waals surface area contributed by atoms with Crippen LogP contribution in [0.15, 0.2) is 0 Å². The summed E-state index contributed by atoms with van der Waals surface area (Å²) in [4.78, 5) is 11.7. The van der Waals surface area contributed by atoms with Crippen molar-refractivity contribution in [1.29, 1.82) is 0 Å². The maximum atomic E-state index is 11.7. The van der Waals surface area contributed by atoms with E-state index in [-0.39, 0.29) is 5.92 Å². The van der Waals surface area contributed by atoms with E-state index in [4.69, 9.17) is 0 Å². The second-order valence-electron chi connectivity index (χ2n) is 4.69. The lowest BCUT2D eigenvalue weighted by Crippen LogP contribution is -2.54. The highest BCUT2D eigenvalue weighted by Gasteiger charge is 2.60. The summed E-state index contributed by atoms with van der Waals surface area (Å²) in [5.41, 5.74) is -0.564. The number of Topliss-reactive ketones (excluding diaryl/α,β-unsaturated/α-hetero) is 1. The molecule has 4 saturated carbocycles. The van der Waals surface area contributed by atoms with Gasteiger partial charge in [-0.25, -0.2) is 0 Å². The van der Waals surface area contributed by atoms with Crippen LogP contribution in [0, 0.1) is 17.8 Å². The predicted octanol–water partition coefficient (Wildman–Crippen LogP) is 1.13. The van der Waals surface area contributed by atoms with Crippen molar-refractivity contribution in [3.05, 3.63) is 0 Å². The summed E-state index contributed by atoms with van der Waals surface area (Å²) in [6.07, 6.45) is 4.85. The molecule has 0 saturated heterocycles. The maximum Gasteiger partial charge on any atom is 0.141 e. The van der Waals surface area contributed by atoms with Crippen LogP contribution in [0.2, 0.25) is 0 Å². The number of hydrogen-bond donors (Lipinski definition) is 1. The fourth-order valence-electron chi connectivity index (χ4n) is 3.65.